The molecule has 0 spiro atoms. The minimum Gasteiger partial charge on any atom is -0.326 e. The van der Waals surface area contributed by atoms with Crippen molar-refractivity contribution in [1.82, 2.24) is 14.7 Å². The van der Waals surface area contributed by atoms with E-state index in [2.05, 4.69) is 160 Å². The van der Waals surface area contributed by atoms with Gasteiger partial charge in [0.25, 0.3) is 0 Å². The molecule has 9 amide bonds. The third-order valence-electron chi connectivity index (χ3n) is 20.9. The zero-order valence-electron chi connectivity index (χ0n) is 72.6. The Labute approximate surface area is 758 Å². The first-order valence-electron chi connectivity index (χ1n) is 43.0. The molecule has 0 heterocycles. The van der Waals surface area contributed by atoms with Crippen molar-refractivity contribution in [2.45, 2.75) is 92.0 Å². The predicted octanol–water partition coefficient (Wildman–Crippen LogP) is 24.0. The number of benzene rings is 15. The van der Waals surface area contributed by atoms with E-state index < -0.39 is 6.03 Å². The van der Waals surface area contributed by atoms with Crippen molar-refractivity contribution in [2.75, 3.05) is 47.9 Å². The van der Waals surface area contributed by atoms with E-state index in [0.717, 1.165) is 130 Å². The van der Waals surface area contributed by atoms with Crippen LogP contribution in [0.3, 0.4) is 0 Å². The highest BCUT2D eigenvalue weighted by Crippen LogP contribution is 2.25. The molecule has 15 aromatic carbocycles. The third-order valence-corrected chi connectivity index (χ3v) is 20.9. The van der Waals surface area contributed by atoms with Crippen LogP contribution in [-0.4, -0.2) is 50.5 Å². The molecular formula is C110H104F2N12O6. The molecule has 15 rings (SSSR count). The molecule has 0 aliphatic rings. The van der Waals surface area contributed by atoms with E-state index in [1.807, 2.05) is 263 Å². The summed E-state index contributed by atoms with van der Waals surface area (Å²) < 4.78 is 26.2. The van der Waals surface area contributed by atoms with Crippen LogP contribution in [0.4, 0.5) is 74.4 Å². The lowest BCUT2D eigenvalue weighted by Gasteiger charge is -2.23. The van der Waals surface area contributed by atoms with Crippen molar-refractivity contribution in [3.05, 3.63) is 484 Å². The Kier molecular flexibility index (Phi) is 34.0. The molecule has 0 aliphatic carbocycles. The number of hydrogen-bond acceptors (Lipinski definition) is 9. The molecule has 0 aliphatic heterocycles. The van der Waals surface area contributed by atoms with Crippen molar-refractivity contribution in [1.29, 1.82) is 0 Å². The lowest BCUT2D eigenvalue weighted by atomic mass is 10.1. The highest BCUT2D eigenvalue weighted by atomic mass is 19.1. The summed E-state index contributed by atoms with van der Waals surface area (Å²) >= 11 is 0. The molecule has 0 fully saturated rings. The fourth-order valence-electron chi connectivity index (χ4n) is 14.4. The van der Waals surface area contributed by atoms with E-state index in [4.69, 9.17) is 0 Å². The Morgan fingerprint density at radius 2 is 0.338 bits per heavy atom. The second kappa shape index (κ2) is 48.1. The fourth-order valence-corrected chi connectivity index (χ4v) is 14.4. The number of hydrogen-bond donors (Lipinski definition) is 9. The van der Waals surface area contributed by atoms with Gasteiger partial charge < -0.3 is 47.9 Å². The molecule has 9 N–H and O–H groups in total. The summed E-state index contributed by atoms with van der Waals surface area (Å²) in [6, 6.07) is 124. The molecule has 0 atom stereocenters. The van der Waals surface area contributed by atoms with Crippen LogP contribution < -0.4 is 47.9 Å². The van der Waals surface area contributed by atoms with Crippen molar-refractivity contribution in [3.8, 4) is 0 Å². The number of carbonyl (C=O) groups is 6. The van der Waals surface area contributed by atoms with Crippen LogP contribution in [0, 0.1) is 25.5 Å². The van der Waals surface area contributed by atoms with Gasteiger partial charge in [-0.05, 0) is 214 Å². The number of halogens is 2. The summed E-state index contributed by atoms with van der Waals surface area (Å²) in [5.41, 5.74) is 21.9. The van der Waals surface area contributed by atoms with Crippen LogP contribution in [0.1, 0.15) is 77.9 Å². The lowest BCUT2D eigenvalue weighted by Crippen LogP contribution is -2.22. The van der Waals surface area contributed by atoms with Gasteiger partial charge in [-0.1, -0.05) is 272 Å². The Morgan fingerprint density at radius 3 is 0.562 bits per heavy atom. The number of amides is 9. The van der Waals surface area contributed by atoms with Crippen LogP contribution in [0.2, 0.25) is 0 Å². The first-order valence-corrected chi connectivity index (χ1v) is 43.0. The largest absolute Gasteiger partial charge is 0.326 e. The molecule has 0 radical (unpaired) electrons. The highest BCUT2D eigenvalue weighted by Gasteiger charge is 2.17. The molecular weight excluding hydrogens is 1620 g/mol. The molecule has 130 heavy (non-hydrogen) atoms. The smallest absolute Gasteiger partial charge is 0.323 e. The van der Waals surface area contributed by atoms with E-state index in [-0.39, 0.29) is 47.8 Å². The van der Waals surface area contributed by atoms with Crippen molar-refractivity contribution >= 4 is 87.0 Å². The second-order valence-electron chi connectivity index (χ2n) is 31.8. The first-order chi connectivity index (χ1) is 63.3. The number of nitrogens with zero attached hydrogens (tertiary/aromatic N) is 3. The topological polar surface area (TPSA) is 220 Å². The Balaban J connectivity index is 0.000000166. The summed E-state index contributed by atoms with van der Waals surface area (Å²) in [5.74, 6) is -0.944. The maximum absolute atomic E-state index is 13.1. The van der Waals surface area contributed by atoms with E-state index >= 15 is 0 Å². The molecule has 0 aromatic heterocycles. The molecule has 0 saturated carbocycles. The number of rotatable bonds is 33. The van der Waals surface area contributed by atoms with Gasteiger partial charge in [-0.2, -0.15) is 0 Å². The number of urea groups is 3. The highest BCUT2D eigenvalue weighted by molar-refractivity contribution is 6.01. The van der Waals surface area contributed by atoms with E-state index in [9.17, 15) is 37.5 Å². The van der Waals surface area contributed by atoms with Gasteiger partial charge in [0.2, 0.25) is 17.7 Å². The lowest BCUT2D eigenvalue weighted by molar-refractivity contribution is -0.116. The first kappa shape index (κ1) is 91.9. The third kappa shape index (κ3) is 32.0. The molecule has 15 aromatic rings. The Hall–Kier alpha value is -15.7. The molecule has 654 valence electrons. The average molecular weight is 1730 g/mol. The normalized spacial score (nSPS) is 10.8. The van der Waals surface area contributed by atoms with E-state index in [0.29, 0.717) is 43.0 Å². The molecule has 18 nitrogen and oxygen atoms in total. The van der Waals surface area contributed by atoms with Crippen LogP contribution in [0.25, 0.3) is 0 Å². The fraction of sp³-hybridized carbons (Fsp3) is 0.127. The van der Waals surface area contributed by atoms with E-state index in [1.165, 1.54) is 76.3 Å². The zero-order valence-corrected chi connectivity index (χ0v) is 72.6. The monoisotopic (exact) mass is 1730 g/mol. The zero-order chi connectivity index (χ0) is 90.4. The summed E-state index contributed by atoms with van der Waals surface area (Å²) in [5, 5.41) is 25.7. The second-order valence-corrected chi connectivity index (χ2v) is 31.8. The van der Waals surface area contributed by atoms with Crippen molar-refractivity contribution in [3.63, 3.8) is 0 Å². The standard InChI is InChI=1S/C38H38N4O2.C36H32F2N4O2.C36H34N4O2/c1-28-8-18-34(19-9-28)39-37(43)24-30-12-14-32(15-13-30)26-42(25-31-6-4-3-5-7-31)27-33-16-22-36(23-17-33)41-38(44)40-35-20-10-29(2)11-21-35;37-30-12-18-32(19-13-30)39-35(43)22-26-6-8-28(9-7-26)24-42(23-27-4-2-1-3-5-27)25-29-10-16-33(17-11-29)40-36(44)41-34-20-14-31(38)15-21-34;41-35(37-32-12-6-2-7-13-32)24-28-16-18-30(19-17-28)26-40(25-29-10-4-1-5-11-29)27-31-20-22-34(23-21-31)39-36(42)38-33-14-8-3-9-15-33/h3-23H,24-27H2,1-2H3,(H,39,43)(H2,40,41,44);1-21H,22-25H2,(H,39,43)(H2,40,41,44);1-23H,24-27H2,(H,37,41)(H2,38,39,42). The minimum absolute atomic E-state index is 0.0297. The molecule has 0 unspecified atom stereocenters. The summed E-state index contributed by atoms with van der Waals surface area (Å²) in [4.78, 5) is 81.8. The minimum atomic E-state index is -0.411. The number of aryl methyl sites for hydroxylation is 2. The van der Waals surface area contributed by atoms with Crippen molar-refractivity contribution in [2.24, 2.45) is 0 Å². The summed E-state index contributed by atoms with van der Waals surface area (Å²) in [6.45, 7) is 10.7. The number of anilines is 9. The molecule has 0 saturated heterocycles. The molecule has 0 bridgehead atoms. The van der Waals surface area contributed by atoms with Gasteiger partial charge in [0.05, 0.1) is 19.3 Å². The van der Waals surface area contributed by atoms with Gasteiger partial charge in [0.15, 0.2) is 0 Å². The average Bonchev–Trinajstić information content (AvgIpc) is 0.834. The SMILES string of the molecule is Cc1ccc(NC(=O)Cc2ccc(CN(Cc3ccccc3)Cc3ccc(NC(=O)Nc4ccc(C)cc4)cc3)cc2)cc1.O=C(Cc1ccc(CN(Cc2ccccc2)Cc2ccc(NC(=O)Nc3ccc(F)cc3)cc2)cc1)Nc1ccc(F)cc1.O=C(Cc1ccc(CN(Cc2ccccc2)Cc2ccc(NC(=O)Nc3ccccc3)cc2)cc1)Nc1ccccc1. The van der Waals surface area contributed by atoms with Gasteiger partial charge in [-0.25, -0.2) is 23.2 Å². The number of nitrogens with one attached hydrogen (secondary N) is 9. The van der Waals surface area contributed by atoms with Crippen LogP contribution in [0.15, 0.2) is 394 Å². The summed E-state index contributed by atoms with van der Waals surface area (Å²) in [7, 11) is 0. The Bertz CT molecular complexity index is 5490. The summed E-state index contributed by atoms with van der Waals surface area (Å²) in [6.07, 6.45) is 0.867. The van der Waals surface area contributed by atoms with Crippen molar-refractivity contribution < 1.29 is 37.5 Å². The van der Waals surface area contributed by atoms with Crippen LogP contribution in [-0.2, 0) is 92.5 Å². The number of para-hydroxylation sites is 2. The maximum Gasteiger partial charge on any atom is 0.323 e. The maximum atomic E-state index is 13.1. The quantitative estimate of drug-likeness (QED) is 0.0191. The molecule has 20 heteroatoms. The van der Waals surface area contributed by atoms with Gasteiger partial charge in [-0.3, -0.25) is 29.1 Å². The van der Waals surface area contributed by atoms with Gasteiger partial charge in [-0.15, -0.1) is 0 Å². The van der Waals surface area contributed by atoms with Gasteiger partial charge >= 0.3 is 18.1 Å². The van der Waals surface area contributed by atoms with Gasteiger partial charge in [0, 0.05) is 110 Å². The number of carbonyl (C=O) groups excluding carboxylic acids is 6. The van der Waals surface area contributed by atoms with Gasteiger partial charge in [0.1, 0.15) is 11.6 Å². The van der Waals surface area contributed by atoms with E-state index in [1.54, 1.807) is 0 Å². The predicted molar refractivity (Wildman–Crippen MR) is 520 cm³/mol. The Morgan fingerprint density at radius 1 is 0.185 bits per heavy atom. The van der Waals surface area contributed by atoms with Crippen LogP contribution in [0.5, 0.6) is 0 Å². The van der Waals surface area contributed by atoms with Crippen LogP contribution >= 0.6 is 0 Å².